The lowest BCUT2D eigenvalue weighted by atomic mass is 9.57. The number of fused-ring (bicyclic) bond motifs is 11. The Hall–Kier alpha value is -6.82. The molecular formula is C50H30BN2OS. The maximum Gasteiger partial charge on any atom is 0.198 e. The van der Waals surface area contributed by atoms with E-state index in [9.17, 15) is 0 Å². The summed E-state index contributed by atoms with van der Waals surface area (Å²) in [5.41, 5.74) is 16.7. The zero-order valence-electron chi connectivity index (χ0n) is 29.6. The number of furan rings is 1. The molecule has 0 unspecified atom stereocenters. The molecule has 1 aliphatic rings. The van der Waals surface area contributed by atoms with Gasteiger partial charge in [-0.05, 0) is 69.7 Å². The molecule has 0 spiro atoms. The van der Waals surface area contributed by atoms with E-state index in [1.165, 1.54) is 59.1 Å². The molecule has 12 rings (SSSR count). The van der Waals surface area contributed by atoms with Crippen LogP contribution in [0.4, 0.5) is 17.1 Å². The van der Waals surface area contributed by atoms with Crippen molar-refractivity contribution in [3.05, 3.63) is 176 Å². The molecule has 55 heavy (non-hydrogen) atoms. The summed E-state index contributed by atoms with van der Waals surface area (Å²) in [5.74, 6) is 0. The predicted octanol–water partition coefficient (Wildman–Crippen LogP) is 12.9. The van der Waals surface area contributed by atoms with Gasteiger partial charge in [0.05, 0.1) is 21.4 Å². The zero-order valence-corrected chi connectivity index (χ0v) is 30.4. The fraction of sp³-hybridized carbons (Fsp3) is 0. The number of para-hydroxylation sites is 2. The van der Waals surface area contributed by atoms with Gasteiger partial charge in [-0.15, -0.1) is 11.3 Å². The van der Waals surface area contributed by atoms with Crippen LogP contribution in [0.2, 0.25) is 0 Å². The Morgan fingerprint density at radius 3 is 2.00 bits per heavy atom. The summed E-state index contributed by atoms with van der Waals surface area (Å²) in [7, 11) is 2.38. The van der Waals surface area contributed by atoms with Crippen LogP contribution in [-0.2, 0) is 0 Å². The van der Waals surface area contributed by atoms with Crippen molar-refractivity contribution in [2.24, 2.45) is 0 Å². The van der Waals surface area contributed by atoms with Crippen LogP contribution in [0.5, 0.6) is 0 Å². The van der Waals surface area contributed by atoms with Crippen molar-refractivity contribution < 1.29 is 4.42 Å². The predicted molar refractivity (Wildman–Crippen MR) is 234 cm³/mol. The Morgan fingerprint density at radius 2 is 1.18 bits per heavy atom. The number of aromatic nitrogens is 1. The van der Waals surface area contributed by atoms with Gasteiger partial charge in [-0.1, -0.05) is 145 Å². The van der Waals surface area contributed by atoms with E-state index in [0.29, 0.717) is 0 Å². The van der Waals surface area contributed by atoms with E-state index in [-0.39, 0.29) is 0 Å². The highest BCUT2D eigenvalue weighted by Crippen LogP contribution is 2.47. The standard InChI is InChI=1S/C50H30BN2OS/c1-3-12-30(13-4-1)32-22-25-34(26-23-32)53-42-27-24-33(31-14-5-2-6-15-31)28-41(42)51-45-39(29-40-35-16-7-9-20-43(35)54-49(40)48(45)53)36-18-11-19-38-46(36)52-47-37-17-8-10-21-44(37)55-50(38)47/h1-29,52H. The lowest BCUT2D eigenvalue weighted by Crippen LogP contribution is -2.41. The Labute approximate surface area is 322 Å². The zero-order chi connectivity index (χ0) is 36.0. The summed E-state index contributed by atoms with van der Waals surface area (Å²) in [6.45, 7) is 0. The van der Waals surface area contributed by atoms with Crippen molar-refractivity contribution in [2.75, 3.05) is 4.90 Å². The maximum absolute atomic E-state index is 6.90. The number of H-pyrrole nitrogens is 1. The van der Waals surface area contributed by atoms with Crippen molar-refractivity contribution in [1.29, 1.82) is 0 Å². The van der Waals surface area contributed by atoms with Gasteiger partial charge in [-0.3, -0.25) is 0 Å². The Morgan fingerprint density at radius 1 is 0.509 bits per heavy atom. The average molecular weight is 718 g/mol. The average Bonchev–Trinajstić information content (AvgIpc) is 3.93. The number of hydrogen-bond donors (Lipinski definition) is 1. The van der Waals surface area contributed by atoms with Gasteiger partial charge in [0.1, 0.15) is 5.58 Å². The molecule has 0 bridgehead atoms. The van der Waals surface area contributed by atoms with Crippen LogP contribution in [0, 0.1) is 0 Å². The van der Waals surface area contributed by atoms with Crippen LogP contribution in [0.25, 0.3) is 86.5 Å². The number of anilines is 3. The van der Waals surface area contributed by atoms with Crippen molar-refractivity contribution in [1.82, 2.24) is 4.98 Å². The largest absolute Gasteiger partial charge is 0.454 e. The van der Waals surface area contributed by atoms with E-state index in [1.54, 1.807) is 0 Å². The van der Waals surface area contributed by atoms with Gasteiger partial charge in [-0.25, -0.2) is 0 Å². The smallest absolute Gasteiger partial charge is 0.198 e. The summed E-state index contributed by atoms with van der Waals surface area (Å²) in [4.78, 5) is 6.35. The van der Waals surface area contributed by atoms with Crippen molar-refractivity contribution in [3.63, 3.8) is 0 Å². The normalized spacial score (nSPS) is 12.5. The number of thiophene rings is 1. The molecule has 5 heteroatoms. The van der Waals surface area contributed by atoms with Crippen LogP contribution < -0.4 is 15.8 Å². The van der Waals surface area contributed by atoms with Gasteiger partial charge in [0.2, 0.25) is 0 Å². The molecule has 0 fully saturated rings. The Balaban J connectivity index is 1.16. The molecular weight excluding hydrogens is 687 g/mol. The lowest BCUT2D eigenvalue weighted by molar-refractivity contribution is 0.669. The van der Waals surface area contributed by atoms with Gasteiger partial charge in [0.25, 0.3) is 0 Å². The topological polar surface area (TPSA) is 32.2 Å². The molecule has 11 aromatic rings. The maximum atomic E-state index is 6.90. The minimum atomic E-state index is 0.881. The number of hydrogen-bond acceptors (Lipinski definition) is 3. The molecule has 0 aliphatic carbocycles. The van der Waals surface area contributed by atoms with Gasteiger partial charge < -0.3 is 14.3 Å². The number of nitrogens with zero attached hydrogens (tertiary/aromatic N) is 1. The monoisotopic (exact) mass is 717 g/mol. The van der Waals surface area contributed by atoms with Gasteiger partial charge >= 0.3 is 0 Å². The molecule has 0 saturated heterocycles. The van der Waals surface area contributed by atoms with Gasteiger partial charge in [0.15, 0.2) is 12.9 Å². The highest BCUT2D eigenvalue weighted by Gasteiger charge is 2.32. The Kier molecular flexibility index (Phi) is 6.60. The van der Waals surface area contributed by atoms with E-state index >= 15 is 0 Å². The second-order valence-electron chi connectivity index (χ2n) is 14.3. The van der Waals surface area contributed by atoms with Crippen LogP contribution >= 0.6 is 11.3 Å². The second-order valence-corrected chi connectivity index (χ2v) is 15.4. The van der Waals surface area contributed by atoms with Gasteiger partial charge in [-0.2, -0.15) is 0 Å². The minimum absolute atomic E-state index is 0.881. The first kappa shape index (κ1) is 30.6. The summed E-state index contributed by atoms with van der Waals surface area (Å²) in [6, 6.07) is 63.3. The summed E-state index contributed by atoms with van der Waals surface area (Å²) < 4.78 is 9.49. The molecule has 1 aliphatic heterocycles. The molecule has 3 nitrogen and oxygen atoms in total. The SMILES string of the molecule is [B]1c2cc(-c3ccccc3)ccc2N(c2ccc(-c3ccccc3)cc2)c2c1c(-c1cccc3c1[nH]c1c4ccccc4sc31)cc1c2oc2ccccc21. The first-order valence-electron chi connectivity index (χ1n) is 18.7. The van der Waals surface area contributed by atoms with Crippen molar-refractivity contribution >= 4 is 99.7 Å². The highest BCUT2D eigenvalue weighted by atomic mass is 32.1. The number of aromatic amines is 1. The highest BCUT2D eigenvalue weighted by molar-refractivity contribution is 7.26. The van der Waals surface area contributed by atoms with Crippen LogP contribution in [0.1, 0.15) is 0 Å². The third-order valence-corrected chi connectivity index (χ3v) is 12.5. The van der Waals surface area contributed by atoms with Crippen molar-refractivity contribution in [2.45, 2.75) is 0 Å². The Bertz CT molecular complexity index is 3290. The summed E-state index contributed by atoms with van der Waals surface area (Å²) in [5, 5.41) is 4.72. The molecule has 255 valence electrons. The molecule has 0 atom stereocenters. The molecule has 0 amide bonds. The third kappa shape index (κ3) is 4.63. The van der Waals surface area contributed by atoms with E-state index < -0.39 is 0 Å². The second kappa shape index (κ2) is 11.8. The minimum Gasteiger partial charge on any atom is -0.454 e. The molecule has 1 N–H and O–H groups in total. The van der Waals surface area contributed by atoms with Crippen LogP contribution in [-0.4, -0.2) is 12.3 Å². The van der Waals surface area contributed by atoms with E-state index in [2.05, 4.69) is 193 Å². The molecule has 0 saturated carbocycles. The summed E-state index contributed by atoms with van der Waals surface area (Å²) in [6.07, 6.45) is 0. The van der Waals surface area contributed by atoms with E-state index in [4.69, 9.17) is 4.42 Å². The molecule has 1 radical (unpaired) electrons. The molecule has 3 aromatic heterocycles. The lowest BCUT2D eigenvalue weighted by Gasteiger charge is -2.35. The quantitative estimate of drug-likeness (QED) is 0.184. The third-order valence-electron chi connectivity index (χ3n) is 11.3. The number of rotatable bonds is 4. The fourth-order valence-corrected chi connectivity index (χ4v) is 9.88. The first-order chi connectivity index (χ1) is 27.3. The summed E-state index contributed by atoms with van der Waals surface area (Å²) >= 11 is 1.86. The van der Waals surface area contributed by atoms with Crippen LogP contribution in [0.3, 0.4) is 0 Å². The molecule has 8 aromatic carbocycles. The fourth-order valence-electron chi connectivity index (χ4n) is 8.69. The van der Waals surface area contributed by atoms with Crippen LogP contribution in [0.15, 0.2) is 180 Å². The van der Waals surface area contributed by atoms with E-state index in [1.807, 2.05) is 11.3 Å². The number of nitrogens with one attached hydrogen (secondary N) is 1. The molecule has 4 heterocycles. The first-order valence-corrected chi connectivity index (χ1v) is 19.5. The van der Waals surface area contributed by atoms with Gasteiger partial charge in [0, 0.05) is 43.2 Å². The number of benzene rings is 8. The van der Waals surface area contributed by atoms with Crippen molar-refractivity contribution in [3.8, 4) is 33.4 Å². The van der Waals surface area contributed by atoms with E-state index in [0.717, 1.165) is 55.4 Å².